The third-order valence-corrected chi connectivity index (χ3v) is 5.61. The first-order chi connectivity index (χ1) is 10.2. The van der Waals surface area contributed by atoms with E-state index in [4.69, 9.17) is 9.47 Å². The summed E-state index contributed by atoms with van der Waals surface area (Å²) in [6.45, 7) is 0.768. The van der Waals surface area contributed by atoms with Gasteiger partial charge in [0.1, 0.15) is 17.6 Å². The molecule has 2 heterocycles. The van der Waals surface area contributed by atoms with Gasteiger partial charge in [-0.05, 0) is 29.3 Å². The molecule has 0 N–H and O–H groups in total. The molecule has 21 heavy (non-hydrogen) atoms. The molecule has 2 aromatic rings. The molecule has 2 unspecified atom stereocenters. The lowest BCUT2D eigenvalue weighted by atomic mass is 10.00. The van der Waals surface area contributed by atoms with Gasteiger partial charge in [0, 0.05) is 22.9 Å². The van der Waals surface area contributed by atoms with E-state index in [1.54, 1.807) is 0 Å². The molecular formula is C17H14Br2O2. The van der Waals surface area contributed by atoms with E-state index in [1.165, 1.54) is 16.7 Å². The Labute approximate surface area is 140 Å². The van der Waals surface area contributed by atoms with Gasteiger partial charge in [-0.2, -0.15) is 0 Å². The molecule has 2 atom stereocenters. The van der Waals surface area contributed by atoms with Gasteiger partial charge in [0.2, 0.25) is 0 Å². The molecule has 2 nitrogen and oxygen atoms in total. The average molecular weight is 410 g/mol. The van der Waals surface area contributed by atoms with E-state index in [1.807, 2.05) is 12.1 Å². The second kappa shape index (κ2) is 5.33. The summed E-state index contributed by atoms with van der Waals surface area (Å²) in [5.74, 6) is 2.03. The maximum absolute atomic E-state index is 6.11. The molecule has 4 rings (SSSR count). The second-order valence-electron chi connectivity index (χ2n) is 5.45. The first-order valence-electron chi connectivity index (χ1n) is 7.06. The Balaban J connectivity index is 1.67. The Morgan fingerprint density at radius 2 is 2.00 bits per heavy atom. The Hall–Kier alpha value is -1.00. The summed E-state index contributed by atoms with van der Waals surface area (Å²) in [4.78, 5) is 0.120. The van der Waals surface area contributed by atoms with Crippen molar-refractivity contribution in [2.24, 2.45) is 0 Å². The Bertz CT molecular complexity index is 674. The van der Waals surface area contributed by atoms with E-state index in [9.17, 15) is 0 Å². The first kappa shape index (κ1) is 13.6. The zero-order valence-electron chi connectivity index (χ0n) is 11.3. The molecule has 108 valence electrons. The summed E-state index contributed by atoms with van der Waals surface area (Å²) >= 11 is 7.44. The minimum absolute atomic E-state index is 0.102. The highest BCUT2D eigenvalue weighted by molar-refractivity contribution is 9.10. The van der Waals surface area contributed by atoms with Crippen LogP contribution in [0, 0.1) is 0 Å². The third-order valence-electron chi connectivity index (χ3n) is 4.07. The quantitative estimate of drug-likeness (QED) is 0.661. The van der Waals surface area contributed by atoms with Gasteiger partial charge in [-0.15, -0.1) is 0 Å². The lowest BCUT2D eigenvalue weighted by Gasteiger charge is -2.20. The molecule has 0 spiro atoms. The molecule has 0 bridgehead atoms. The topological polar surface area (TPSA) is 18.5 Å². The van der Waals surface area contributed by atoms with Gasteiger partial charge in [0.25, 0.3) is 0 Å². The molecule has 2 aromatic carbocycles. The molecule has 0 fully saturated rings. The number of alkyl halides is 1. The van der Waals surface area contributed by atoms with Crippen molar-refractivity contribution in [2.75, 3.05) is 6.61 Å². The smallest absolute Gasteiger partial charge is 0.127 e. The summed E-state index contributed by atoms with van der Waals surface area (Å²) in [5.41, 5.74) is 3.73. The molecule has 0 aliphatic carbocycles. The second-order valence-corrected chi connectivity index (χ2v) is 7.35. The number of ether oxygens (including phenoxy) is 2. The van der Waals surface area contributed by atoms with Gasteiger partial charge in [0.15, 0.2) is 0 Å². The van der Waals surface area contributed by atoms with Crippen molar-refractivity contribution >= 4 is 31.9 Å². The van der Waals surface area contributed by atoms with E-state index in [-0.39, 0.29) is 10.9 Å². The average Bonchev–Trinajstić information content (AvgIpc) is 3.11. The number of para-hydroxylation sites is 1. The van der Waals surface area contributed by atoms with E-state index < -0.39 is 0 Å². The van der Waals surface area contributed by atoms with E-state index in [0.29, 0.717) is 0 Å². The predicted molar refractivity (Wildman–Crippen MR) is 89.6 cm³/mol. The van der Waals surface area contributed by atoms with Crippen molar-refractivity contribution in [3.63, 3.8) is 0 Å². The van der Waals surface area contributed by atoms with Crippen molar-refractivity contribution in [3.05, 3.63) is 57.6 Å². The fourth-order valence-electron chi connectivity index (χ4n) is 3.08. The Morgan fingerprint density at radius 3 is 2.86 bits per heavy atom. The van der Waals surface area contributed by atoms with Crippen LogP contribution in [0.4, 0.5) is 0 Å². The Kier molecular flexibility index (Phi) is 3.46. The SMILES string of the molecule is Brc1cc2c(c(C(Br)C3Cc4ccccc4O3)c1)OCC2. The van der Waals surface area contributed by atoms with Gasteiger partial charge >= 0.3 is 0 Å². The summed E-state index contributed by atoms with van der Waals surface area (Å²) < 4.78 is 13.0. The molecular weight excluding hydrogens is 396 g/mol. The van der Waals surface area contributed by atoms with Crippen LogP contribution in [0.15, 0.2) is 40.9 Å². The van der Waals surface area contributed by atoms with Crippen molar-refractivity contribution in [1.82, 2.24) is 0 Å². The third kappa shape index (κ3) is 2.38. The largest absolute Gasteiger partial charge is 0.493 e. The highest BCUT2D eigenvalue weighted by atomic mass is 79.9. The zero-order valence-corrected chi connectivity index (χ0v) is 14.5. The Morgan fingerprint density at radius 1 is 1.14 bits per heavy atom. The maximum atomic E-state index is 6.11. The zero-order chi connectivity index (χ0) is 14.4. The van der Waals surface area contributed by atoms with Crippen LogP contribution < -0.4 is 9.47 Å². The number of hydrogen-bond acceptors (Lipinski definition) is 2. The van der Waals surface area contributed by atoms with Crippen LogP contribution in [0.2, 0.25) is 0 Å². The van der Waals surface area contributed by atoms with Crippen molar-refractivity contribution in [2.45, 2.75) is 23.8 Å². The van der Waals surface area contributed by atoms with Gasteiger partial charge in [-0.1, -0.05) is 50.1 Å². The van der Waals surface area contributed by atoms with Crippen molar-refractivity contribution in [1.29, 1.82) is 0 Å². The fourth-order valence-corrected chi connectivity index (χ4v) is 4.23. The summed E-state index contributed by atoms with van der Waals surface area (Å²) in [6, 6.07) is 12.5. The van der Waals surface area contributed by atoms with Crippen LogP contribution in [0.1, 0.15) is 21.5 Å². The van der Waals surface area contributed by atoms with E-state index in [0.717, 1.165) is 35.4 Å². The van der Waals surface area contributed by atoms with Crippen LogP contribution in [0.25, 0.3) is 0 Å². The molecule has 2 aliphatic heterocycles. The van der Waals surface area contributed by atoms with Gasteiger partial charge in [-0.25, -0.2) is 0 Å². The van der Waals surface area contributed by atoms with E-state index in [2.05, 4.69) is 56.1 Å². The minimum Gasteiger partial charge on any atom is -0.493 e. The summed E-state index contributed by atoms with van der Waals surface area (Å²) in [7, 11) is 0. The van der Waals surface area contributed by atoms with Crippen molar-refractivity contribution < 1.29 is 9.47 Å². The molecule has 0 aromatic heterocycles. The van der Waals surface area contributed by atoms with Crippen molar-refractivity contribution in [3.8, 4) is 11.5 Å². The normalized spacial score (nSPS) is 20.4. The number of fused-ring (bicyclic) bond motifs is 2. The molecule has 2 aliphatic rings. The van der Waals surface area contributed by atoms with Crippen LogP contribution in [-0.2, 0) is 12.8 Å². The molecule has 0 amide bonds. The number of benzene rings is 2. The summed E-state index contributed by atoms with van der Waals surface area (Å²) in [6.07, 6.45) is 2.01. The standard InChI is InChI=1S/C17H14Br2O2/c18-12-7-11-5-6-20-17(11)13(9-12)16(19)15-8-10-3-1-2-4-14(10)21-15/h1-4,7,9,15-16H,5-6,8H2. The van der Waals surface area contributed by atoms with Gasteiger partial charge in [-0.3, -0.25) is 0 Å². The first-order valence-corrected chi connectivity index (χ1v) is 8.77. The molecule has 0 saturated heterocycles. The highest BCUT2D eigenvalue weighted by Gasteiger charge is 2.33. The maximum Gasteiger partial charge on any atom is 0.127 e. The highest BCUT2D eigenvalue weighted by Crippen LogP contribution is 2.44. The monoisotopic (exact) mass is 408 g/mol. The predicted octanol–water partition coefficient (Wildman–Crippen LogP) is 4.82. The van der Waals surface area contributed by atoms with Crippen LogP contribution >= 0.6 is 31.9 Å². The van der Waals surface area contributed by atoms with Gasteiger partial charge in [0.05, 0.1) is 11.4 Å². The lowest BCUT2D eigenvalue weighted by molar-refractivity contribution is 0.229. The molecule has 0 radical (unpaired) electrons. The van der Waals surface area contributed by atoms with Crippen LogP contribution in [0.5, 0.6) is 11.5 Å². The minimum atomic E-state index is 0.102. The van der Waals surface area contributed by atoms with Gasteiger partial charge < -0.3 is 9.47 Å². The van der Waals surface area contributed by atoms with Crippen LogP contribution in [0.3, 0.4) is 0 Å². The number of hydrogen-bond donors (Lipinski definition) is 0. The lowest BCUT2D eigenvalue weighted by Crippen LogP contribution is -2.19. The molecule has 0 saturated carbocycles. The summed E-state index contributed by atoms with van der Waals surface area (Å²) in [5, 5.41) is 0. The fraction of sp³-hybridized carbons (Fsp3) is 0.294. The number of rotatable bonds is 2. The number of halogens is 2. The van der Waals surface area contributed by atoms with Crippen LogP contribution in [-0.4, -0.2) is 12.7 Å². The molecule has 4 heteroatoms. The van der Waals surface area contributed by atoms with E-state index >= 15 is 0 Å².